The number of furan rings is 1. The number of rotatable bonds is 3. The summed E-state index contributed by atoms with van der Waals surface area (Å²) in [5.41, 5.74) is 0.943. The van der Waals surface area contributed by atoms with Gasteiger partial charge in [-0.25, -0.2) is 0 Å². The maximum absolute atomic E-state index is 5.68. The summed E-state index contributed by atoms with van der Waals surface area (Å²) >= 11 is 0. The lowest BCUT2D eigenvalue weighted by Gasteiger charge is -2.00. The molecule has 0 spiro atoms. The minimum Gasteiger partial charge on any atom is -0.461 e. The molecular formula is C12H15NO. The highest BCUT2D eigenvalue weighted by Gasteiger charge is 2.03. The van der Waals surface area contributed by atoms with Gasteiger partial charge in [-0.15, -0.1) is 0 Å². The van der Waals surface area contributed by atoms with Crippen LogP contribution in [0, 0.1) is 5.92 Å². The Kier molecular flexibility index (Phi) is 2.53. The van der Waals surface area contributed by atoms with Crippen molar-refractivity contribution >= 4 is 11.0 Å². The lowest BCUT2D eigenvalue weighted by Crippen LogP contribution is -1.89. The van der Waals surface area contributed by atoms with Crippen LogP contribution in [0.1, 0.15) is 26.0 Å². The van der Waals surface area contributed by atoms with Gasteiger partial charge in [0.25, 0.3) is 0 Å². The smallest absolute Gasteiger partial charge is 0.137 e. The summed E-state index contributed by atoms with van der Waals surface area (Å²) < 4.78 is 5.68. The Hall–Kier alpha value is -1.31. The van der Waals surface area contributed by atoms with Crippen LogP contribution >= 0.6 is 0 Å². The minimum absolute atomic E-state index is 0.723. The zero-order chi connectivity index (χ0) is 9.97. The Labute approximate surface area is 84.0 Å². The van der Waals surface area contributed by atoms with Gasteiger partial charge in [-0.05, 0) is 24.5 Å². The molecule has 0 fully saturated rings. The Balaban J connectivity index is 2.19. The number of hydrogen-bond donors (Lipinski definition) is 0. The van der Waals surface area contributed by atoms with Crippen molar-refractivity contribution in [3.8, 4) is 0 Å². The van der Waals surface area contributed by atoms with E-state index in [0.717, 1.165) is 29.1 Å². The first kappa shape index (κ1) is 9.25. The van der Waals surface area contributed by atoms with Crippen LogP contribution in [0.3, 0.4) is 0 Å². The van der Waals surface area contributed by atoms with Gasteiger partial charge in [0.15, 0.2) is 0 Å². The fourth-order valence-electron chi connectivity index (χ4n) is 1.49. The second-order valence-electron chi connectivity index (χ2n) is 4.06. The molecule has 0 saturated carbocycles. The van der Waals surface area contributed by atoms with Gasteiger partial charge in [0, 0.05) is 24.2 Å². The molecule has 0 radical (unpaired) electrons. The van der Waals surface area contributed by atoms with Crippen molar-refractivity contribution < 1.29 is 4.42 Å². The highest BCUT2D eigenvalue weighted by atomic mass is 16.3. The fourth-order valence-corrected chi connectivity index (χ4v) is 1.49. The molecule has 2 heteroatoms. The van der Waals surface area contributed by atoms with Crippen molar-refractivity contribution in [2.75, 3.05) is 0 Å². The van der Waals surface area contributed by atoms with E-state index in [4.69, 9.17) is 4.42 Å². The van der Waals surface area contributed by atoms with E-state index >= 15 is 0 Å². The Morgan fingerprint density at radius 2 is 2.29 bits per heavy atom. The first-order chi connectivity index (χ1) is 6.75. The van der Waals surface area contributed by atoms with Crippen molar-refractivity contribution in [1.82, 2.24) is 4.98 Å². The molecule has 0 amide bonds. The molecule has 2 heterocycles. The predicted octanol–water partition coefficient (Wildman–Crippen LogP) is 3.42. The molecule has 74 valence electrons. The Bertz CT molecular complexity index is 384. The molecule has 0 aliphatic heterocycles. The average molecular weight is 189 g/mol. The van der Waals surface area contributed by atoms with Crippen LogP contribution in [0.5, 0.6) is 0 Å². The van der Waals surface area contributed by atoms with Gasteiger partial charge >= 0.3 is 0 Å². The molecule has 0 unspecified atom stereocenters. The van der Waals surface area contributed by atoms with E-state index in [0.29, 0.717) is 0 Å². The molecule has 0 aliphatic carbocycles. The van der Waals surface area contributed by atoms with E-state index in [2.05, 4.69) is 24.9 Å². The summed E-state index contributed by atoms with van der Waals surface area (Å²) in [4.78, 5) is 4.06. The molecule has 0 atom stereocenters. The lowest BCUT2D eigenvalue weighted by molar-refractivity contribution is 0.499. The monoisotopic (exact) mass is 189 g/mol. The predicted molar refractivity (Wildman–Crippen MR) is 57.2 cm³/mol. The standard InChI is InChI=1S/C12H15NO/c1-9(2)3-4-11-7-10-8-13-6-5-12(10)14-11/h5-9H,3-4H2,1-2H3. The van der Waals surface area contributed by atoms with E-state index in [1.807, 2.05) is 12.3 Å². The summed E-state index contributed by atoms with van der Waals surface area (Å²) in [7, 11) is 0. The van der Waals surface area contributed by atoms with E-state index in [1.54, 1.807) is 6.20 Å². The Morgan fingerprint density at radius 1 is 1.43 bits per heavy atom. The lowest BCUT2D eigenvalue weighted by atomic mass is 10.1. The molecule has 2 aromatic heterocycles. The number of aromatic nitrogens is 1. The van der Waals surface area contributed by atoms with E-state index in [-0.39, 0.29) is 0 Å². The van der Waals surface area contributed by atoms with Crippen LogP contribution in [0.2, 0.25) is 0 Å². The normalized spacial score (nSPS) is 11.4. The summed E-state index contributed by atoms with van der Waals surface area (Å²) in [5, 5.41) is 1.10. The van der Waals surface area contributed by atoms with Crippen LogP contribution in [-0.2, 0) is 6.42 Å². The second-order valence-corrected chi connectivity index (χ2v) is 4.06. The molecule has 0 bridgehead atoms. The summed E-state index contributed by atoms with van der Waals surface area (Å²) in [5.74, 6) is 1.79. The molecule has 0 aromatic carbocycles. The van der Waals surface area contributed by atoms with Crippen molar-refractivity contribution in [3.05, 3.63) is 30.3 Å². The highest BCUT2D eigenvalue weighted by Crippen LogP contribution is 2.19. The number of hydrogen-bond acceptors (Lipinski definition) is 2. The Morgan fingerprint density at radius 3 is 3.00 bits per heavy atom. The molecule has 0 saturated heterocycles. The van der Waals surface area contributed by atoms with E-state index in [9.17, 15) is 0 Å². The number of fused-ring (bicyclic) bond motifs is 1. The van der Waals surface area contributed by atoms with Gasteiger partial charge in [0.05, 0.1) is 0 Å². The molecular weight excluding hydrogens is 174 g/mol. The van der Waals surface area contributed by atoms with Gasteiger partial charge in [-0.3, -0.25) is 4.98 Å². The topological polar surface area (TPSA) is 26.0 Å². The third-order valence-corrected chi connectivity index (χ3v) is 2.34. The molecule has 2 rings (SSSR count). The van der Waals surface area contributed by atoms with Crippen molar-refractivity contribution in [2.45, 2.75) is 26.7 Å². The molecule has 2 aromatic rings. The number of pyridine rings is 1. The van der Waals surface area contributed by atoms with Crippen LogP contribution in [0.4, 0.5) is 0 Å². The first-order valence-corrected chi connectivity index (χ1v) is 5.08. The summed E-state index contributed by atoms with van der Waals surface area (Å²) in [6, 6.07) is 4.00. The molecule has 0 N–H and O–H groups in total. The van der Waals surface area contributed by atoms with Crippen LogP contribution in [0.15, 0.2) is 28.9 Å². The minimum atomic E-state index is 0.723. The third kappa shape index (κ3) is 1.95. The third-order valence-electron chi connectivity index (χ3n) is 2.34. The van der Waals surface area contributed by atoms with Gasteiger partial charge < -0.3 is 4.42 Å². The van der Waals surface area contributed by atoms with Gasteiger partial charge in [-0.1, -0.05) is 13.8 Å². The zero-order valence-corrected chi connectivity index (χ0v) is 8.66. The highest BCUT2D eigenvalue weighted by molar-refractivity contribution is 5.76. The second kappa shape index (κ2) is 3.82. The zero-order valence-electron chi connectivity index (χ0n) is 8.66. The maximum Gasteiger partial charge on any atom is 0.137 e. The van der Waals surface area contributed by atoms with Crippen molar-refractivity contribution in [3.63, 3.8) is 0 Å². The average Bonchev–Trinajstić information content (AvgIpc) is 2.57. The molecule has 2 nitrogen and oxygen atoms in total. The van der Waals surface area contributed by atoms with Gasteiger partial charge in [-0.2, -0.15) is 0 Å². The van der Waals surface area contributed by atoms with Crippen LogP contribution < -0.4 is 0 Å². The van der Waals surface area contributed by atoms with Crippen LogP contribution in [-0.4, -0.2) is 4.98 Å². The first-order valence-electron chi connectivity index (χ1n) is 5.08. The fraction of sp³-hybridized carbons (Fsp3) is 0.417. The number of nitrogens with zero attached hydrogens (tertiary/aromatic N) is 1. The quantitative estimate of drug-likeness (QED) is 0.739. The van der Waals surface area contributed by atoms with Crippen molar-refractivity contribution in [2.24, 2.45) is 5.92 Å². The van der Waals surface area contributed by atoms with E-state index < -0.39 is 0 Å². The largest absolute Gasteiger partial charge is 0.461 e. The van der Waals surface area contributed by atoms with Crippen molar-refractivity contribution in [1.29, 1.82) is 0 Å². The van der Waals surface area contributed by atoms with Crippen LogP contribution in [0.25, 0.3) is 11.0 Å². The molecule has 14 heavy (non-hydrogen) atoms. The van der Waals surface area contributed by atoms with E-state index in [1.165, 1.54) is 6.42 Å². The summed E-state index contributed by atoms with van der Waals surface area (Å²) in [6.07, 6.45) is 5.80. The molecule has 0 aliphatic rings. The SMILES string of the molecule is CC(C)CCc1cc2cnccc2o1. The maximum atomic E-state index is 5.68. The number of aryl methyl sites for hydroxylation is 1. The van der Waals surface area contributed by atoms with Gasteiger partial charge in [0.1, 0.15) is 11.3 Å². The van der Waals surface area contributed by atoms with Gasteiger partial charge in [0.2, 0.25) is 0 Å². The summed E-state index contributed by atoms with van der Waals surface area (Å²) in [6.45, 7) is 4.45.